The van der Waals surface area contributed by atoms with Crippen molar-refractivity contribution in [2.75, 3.05) is 13.2 Å². The number of benzene rings is 1. The second kappa shape index (κ2) is 6.79. The highest BCUT2D eigenvalue weighted by Crippen LogP contribution is 2.36. The molecule has 0 bridgehead atoms. The van der Waals surface area contributed by atoms with Crippen molar-refractivity contribution in [3.8, 4) is 5.75 Å². The largest absolute Gasteiger partial charge is 0.493 e. The summed E-state index contributed by atoms with van der Waals surface area (Å²) in [6.45, 7) is 6.28. The number of hydrogen-bond donors (Lipinski definition) is 1. The minimum atomic E-state index is 0.532. The molecule has 0 heterocycles. The number of hydrogen-bond acceptors (Lipinski definition) is 2. The van der Waals surface area contributed by atoms with Gasteiger partial charge in [-0.3, -0.25) is 0 Å². The SMILES string of the molecule is CCCCCOc1cccc2c1CCC2NCC. The molecule has 1 aromatic carbocycles. The third-order valence-corrected chi connectivity index (χ3v) is 3.68. The number of unbranched alkanes of at least 4 members (excludes halogenated alkanes) is 2. The quantitative estimate of drug-likeness (QED) is 0.739. The van der Waals surface area contributed by atoms with Crippen molar-refractivity contribution in [2.45, 2.75) is 52.0 Å². The predicted molar refractivity (Wildman–Crippen MR) is 76.2 cm³/mol. The molecule has 0 fully saturated rings. The zero-order valence-electron chi connectivity index (χ0n) is 11.7. The molecule has 18 heavy (non-hydrogen) atoms. The van der Waals surface area contributed by atoms with E-state index >= 15 is 0 Å². The van der Waals surface area contributed by atoms with E-state index in [2.05, 4.69) is 37.4 Å². The van der Waals surface area contributed by atoms with E-state index in [0.29, 0.717) is 6.04 Å². The van der Waals surface area contributed by atoms with Crippen LogP contribution in [0.4, 0.5) is 0 Å². The molecule has 0 saturated carbocycles. The van der Waals surface area contributed by atoms with Crippen molar-refractivity contribution >= 4 is 0 Å². The molecule has 2 rings (SSSR count). The van der Waals surface area contributed by atoms with Crippen molar-refractivity contribution in [1.29, 1.82) is 0 Å². The van der Waals surface area contributed by atoms with Crippen LogP contribution < -0.4 is 10.1 Å². The van der Waals surface area contributed by atoms with Gasteiger partial charge in [0.1, 0.15) is 5.75 Å². The molecule has 1 N–H and O–H groups in total. The fourth-order valence-electron chi connectivity index (χ4n) is 2.75. The van der Waals surface area contributed by atoms with Crippen molar-refractivity contribution in [3.63, 3.8) is 0 Å². The number of rotatable bonds is 7. The first kappa shape index (κ1) is 13.4. The van der Waals surface area contributed by atoms with Crippen LogP contribution in [0.25, 0.3) is 0 Å². The lowest BCUT2D eigenvalue weighted by molar-refractivity contribution is 0.303. The highest BCUT2D eigenvalue weighted by atomic mass is 16.5. The Hall–Kier alpha value is -1.02. The van der Waals surface area contributed by atoms with Gasteiger partial charge in [0.25, 0.3) is 0 Å². The summed E-state index contributed by atoms with van der Waals surface area (Å²) < 4.78 is 5.95. The monoisotopic (exact) mass is 247 g/mol. The average molecular weight is 247 g/mol. The van der Waals surface area contributed by atoms with E-state index in [1.54, 1.807) is 0 Å². The zero-order valence-corrected chi connectivity index (χ0v) is 11.7. The van der Waals surface area contributed by atoms with E-state index in [9.17, 15) is 0 Å². The molecule has 1 unspecified atom stereocenters. The average Bonchev–Trinajstić information content (AvgIpc) is 2.79. The number of fused-ring (bicyclic) bond motifs is 1. The lowest BCUT2D eigenvalue weighted by atomic mass is 10.1. The highest BCUT2D eigenvalue weighted by molar-refractivity contribution is 5.45. The van der Waals surface area contributed by atoms with Crippen LogP contribution in [0.5, 0.6) is 5.75 Å². The standard InChI is InChI=1S/C16H25NO/c1-3-5-6-12-18-16-9-7-8-13-14(16)10-11-15(13)17-4-2/h7-9,15,17H,3-6,10-12H2,1-2H3. The molecule has 1 aliphatic rings. The van der Waals surface area contributed by atoms with Crippen LogP contribution in [0.2, 0.25) is 0 Å². The molecular weight excluding hydrogens is 222 g/mol. The lowest BCUT2D eigenvalue weighted by Crippen LogP contribution is -2.18. The number of nitrogens with one attached hydrogen (secondary N) is 1. The highest BCUT2D eigenvalue weighted by Gasteiger charge is 2.24. The van der Waals surface area contributed by atoms with Crippen molar-refractivity contribution in [1.82, 2.24) is 5.32 Å². The zero-order chi connectivity index (χ0) is 12.8. The maximum absolute atomic E-state index is 5.95. The van der Waals surface area contributed by atoms with Gasteiger partial charge in [0.2, 0.25) is 0 Å². The van der Waals surface area contributed by atoms with E-state index in [4.69, 9.17) is 4.74 Å². The summed E-state index contributed by atoms with van der Waals surface area (Å²) in [6.07, 6.45) is 6.03. The third-order valence-electron chi connectivity index (χ3n) is 3.68. The maximum atomic E-state index is 5.95. The Labute approximate surface area is 111 Å². The molecule has 100 valence electrons. The van der Waals surface area contributed by atoms with Crippen molar-refractivity contribution in [3.05, 3.63) is 29.3 Å². The van der Waals surface area contributed by atoms with Gasteiger partial charge in [-0.25, -0.2) is 0 Å². The molecule has 2 heteroatoms. The van der Waals surface area contributed by atoms with E-state index in [0.717, 1.165) is 31.7 Å². The van der Waals surface area contributed by atoms with E-state index in [1.807, 2.05) is 0 Å². The van der Waals surface area contributed by atoms with E-state index in [-0.39, 0.29) is 0 Å². The van der Waals surface area contributed by atoms with Gasteiger partial charge in [0.15, 0.2) is 0 Å². The first-order valence-corrected chi connectivity index (χ1v) is 7.34. The lowest BCUT2D eigenvalue weighted by Gasteiger charge is -2.14. The van der Waals surface area contributed by atoms with Gasteiger partial charge < -0.3 is 10.1 Å². The normalized spacial score (nSPS) is 17.8. The van der Waals surface area contributed by atoms with Crippen LogP contribution in [0.3, 0.4) is 0 Å². The summed E-state index contributed by atoms with van der Waals surface area (Å²) in [6, 6.07) is 7.03. The Morgan fingerprint density at radius 2 is 2.17 bits per heavy atom. The Kier molecular flexibility index (Phi) is 5.06. The van der Waals surface area contributed by atoms with Crippen LogP contribution in [-0.4, -0.2) is 13.2 Å². The predicted octanol–water partition coefficient (Wildman–Crippen LogP) is 3.85. The molecule has 0 aliphatic heterocycles. The van der Waals surface area contributed by atoms with Crippen molar-refractivity contribution in [2.24, 2.45) is 0 Å². The fourth-order valence-corrected chi connectivity index (χ4v) is 2.75. The second-order valence-electron chi connectivity index (χ2n) is 5.03. The van der Waals surface area contributed by atoms with Gasteiger partial charge >= 0.3 is 0 Å². The Morgan fingerprint density at radius 1 is 1.28 bits per heavy atom. The van der Waals surface area contributed by atoms with Crippen LogP contribution in [0.1, 0.15) is 56.7 Å². The van der Waals surface area contributed by atoms with Crippen LogP contribution in [0, 0.1) is 0 Å². The van der Waals surface area contributed by atoms with E-state index < -0.39 is 0 Å². The summed E-state index contributed by atoms with van der Waals surface area (Å²) in [5, 5.41) is 3.55. The van der Waals surface area contributed by atoms with Gasteiger partial charge in [0.05, 0.1) is 6.61 Å². The Balaban J connectivity index is 2.00. The topological polar surface area (TPSA) is 21.3 Å². The molecular formula is C16H25NO. The summed E-state index contributed by atoms with van der Waals surface area (Å²) in [5.74, 6) is 1.11. The first-order chi connectivity index (χ1) is 8.86. The molecule has 0 amide bonds. The van der Waals surface area contributed by atoms with Gasteiger partial charge in [-0.1, -0.05) is 38.8 Å². The van der Waals surface area contributed by atoms with Gasteiger partial charge in [-0.2, -0.15) is 0 Å². The first-order valence-electron chi connectivity index (χ1n) is 7.34. The van der Waals surface area contributed by atoms with Crippen LogP contribution in [0.15, 0.2) is 18.2 Å². The molecule has 1 aliphatic carbocycles. The molecule has 0 aromatic heterocycles. The van der Waals surface area contributed by atoms with E-state index in [1.165, 1.54) is 30.4 Å². The molecule has 0 spiro atoms. The van der Waals surface area contributed by atoms with Gasteiger partial charge in [0, 0.05) is 6.04 Å². The summed E-state index contributed by atoms with van der Waals surface area (Å²) in [5.41, 5.74) is 2.88. The summed E-state index contributed by atoms with van der Waals surface area (Å²) in [4.78, 5) is 0. The van der Waals surface area contributed by atoms with Gasteiger partial charge in [-0.15, -0.1) is 0 Å². The van der Waals surface area contributed by atoms with Crippen LogP contribution >= 0.6 is 0 Å². The maximum Gasteiger partial charge on any atom is 0.122 e. The Morgan fingerprint density at radius 3 is 2.94 bits per heavy atom. The smallest absolute Gasteiger partial charge is 0.122 e. The molecule has 1 atom stereocenters. The molecule has 2 nitrogen and oxygen atoms in total. The summed E-state index contributed by atoms with van der Waals surface area (Å²) >= 11 is 0. The Bertz CT molecular complexity index is 375. The number of ether oxygens (including phenoxy) is 1. The minimum Gasteiger partial charge on any atom is -0.493 e. The molecule has 1 aromatic rings. The van der Waals surface area contributed by atoms with Crippen LogP contribution in [-0.2, 0) is 6.42 Å². The minimum absolute atomic E-state index is 0.532. The molecule has 0 saturated heterocycles. The second-order valence-corrected chi connectivity index (χ2v) is 5.03. The molecule has 0 radical (unpaired) electrons. The van der Waals surface area contributed by atoms with Gasteiger partial charge in [-0.05, 0) is 43.0 Å². The van der Waals surface area contributed by atoms with Crippen molar-refractivity contribution < 1.29 is 4.74 Å². The summed E-state index contributed by atoms with van der Waals surface area (Å²) in [7, 11) is 0. The fraction of sp³-hybridized carbons (Fsp3) is 0.625. The third kappa shape index (κ3) is 3.05.